The Hall–Kier alpha value is -2.74. The molecular formula is C26H30N2O4Si. The zero-order valence-electron chi connectivity index (χ0n) is 19.2. The summed E-state index contributed by atoms with van der Waals surface area (Å²) in [5.41, 5.74) is -0.820. The molecule has 0 radical (unpaired) electrons. The van der Waals surface area contributed by atoms with Gasteiger partial charge in [-0.15, -0.1) is 0 Å². The van der Waals surface area contributed by atoms with Crippen molar-refractivity contribution in [3.8, 4) is 0 Å². The van der Waals surface area contributed by atoms with Crippen LogP contribution in [0.1, 0.15) is 33.4 Å². The topological polar surface area (TPSA) is 73.3 Å². The SMILES string of the molecule is CC(C)(C)[Si](OC[C@H]1O[C@@H](n2ccc(=O)[nH]c2=O)[C@H]2C[C@H]21)(c1ccccc1)c1ccccc1. The largest absolute Gasteiger partial charge is 0.405 e. The van der Waals surface area contributed by atoms with Crippen molar-refractivity contribution in [1.82, 2.24) is 9.55 Å². The number of ether oxygens (including phenoxy) is 1. The molecule has 0 spiro atoms. The van der Waals surface area contributed by atoms with Crippen molar-refractivity contribution >= 4 is 18.7 Å². The highest BCUT2D eigenvalue weighted by molar-refractivity contribution is 6.99. The van der Waals surface area contributed by atoms with Gasteiger partial charge >= 0.3 is 5.69 Å². The van der Waals surface area contributed by atoms with Gasteiger partial charge in [-0.3, -0.25) is 14.3 Å². The van der Waals surface area contributed by atoms with Crippen LogP contribution in [0.3, 0.4) is 0 Å². The van der Waals surface area contributed by atoms with Gasteiger partial charge in [0, 0.05) is 18.2 Å². The van der Waals surface area contributed by atoms with Crippen LogP contribution in [0.2, 0.25) is 5.04 Å². The van der Waals surface area contributed by atoms with Gasteiger partial charge in [-0.2, -0.15) is 0 Å². The fraction of sp³-hybridized carbons (Fsp3) is 0.385. The van der Waals surface area contributed by atoms with Crippen LogP contribution >= 0.6 is 0 Å². The van der Waals surface area contributed by atoms with E-state index in [1.807, 2.05) is 12.1 Å². The minimum Gasteiger partial charge on any atom is -0.405 e. The number of hydrogen-bond acceptors (Lipinski definition) is 4. The van der Waals surface area contributed by atoms with Gasteiger partial charge in [0.05, 0.1) is 12.7 Å². The molecule has 33 heavy (non-hydrogen) atoms. The number of benzene rings is 2. The van der Waals surface area contributed by atoms with Crippen molar-refractivity contribution in [3.05, 3.63) is 93.8 Å². The normalized spacial score (nSPS) is 24.5. The molecule has 5 rings (SSSR count). The zero-order chi connectivity index (χ0) is 23.2. The van der Waals surface area contributed by atoms with Gasteiger partial charge in [0.25, 0.3) is 13.9 Å². The van der Waals surface area contributed by atoms with Crippen LogP contribution in [-0.4, -0.2) is 30.6 Å². The second kappa shape index (κ2) is 8.24. The number of aromatic amines is 1. The summed E-state index contributed by atoms with van der Waals surface area (Å²) in [5, 5.41) is 2.37. The summed E-state index contributed by atoms with van der Waals surface area (Å²) < 4.78 is 14.9. The van der Waals surface area contributed by atoms with Crippen LogP contribution in [0.25, 0.3) is 0 Å². The quantitative estimate of drug-likeness (QED) is 0.572. The Labute approximate surface area is 194 Å². The van der Waals surface area contributed by atoms with E-state index in [9.17, 15) is 9.59 Å². The first kappa shape index (κ1) is 22.1. The molecule has 1 aromatic heterocycles. The number of rotatable bonds is 6. The van der Waals surface area contributed by atoms with E-state index in [0.29, 0.717) is 12.5 Å². The van der Waals surface area contributed by atoms with Crippen LogP contribution in [0.5, 0.6) is 0 Å². The molecule has 2 heterocycles. The Bertz CT molecular complexity index is 1190. The lowest BCUT2D eigenvalue weighted by Gasteiger charge is -2.43. The van der Waals surface area contributed by atoms with E-state index >= 15 is 0 Å². The third-order valence-electron chi connectivity index (χ3n) is 7.06. The number of hydrogen-bond donors (Lipinski definition) is 1. The number of nitrogens with one attached hydrogen (secondary N) is 1. The van der Waals surface area contributed by atoms with Crippen LogP contribution in [0.4, 0.5) is 0 Å². The predicted octanol–water partition coefficient (Wildman–Crippen LogP) is 2.65. The first-order valence-electron chi connectivity index (χ1n) is 11.5. The van der Waals surface area contributed by atoms with E-state index in [4.69, 9.17) is 9.16 Å². The maximum Gasteiger partial charge on any atom is 0.330 e. The van der Waals surface area contributed by atoms with Crippen molar-refractivity contribution in [2.75, 3.05) is 6.61 Å². The first-order chi connectivity index (χ1) is 15.8. The second-order valence-electron chi connectivity index (χ2n) is 10.1. The lowest BCUT2D eigenvalue weighted by Crippen LogP contribution is -2.67. The number of nitrogens with zero attached hydrogens (tertiary/aromatic N) is 1. The molecule has 3 aromatic rings. The van der Waals surface area contributed by atoms with E-state index in [1.165, 1.54) is 27.2 Å². The van der Waals surface area contributed by atoms with E-state index in [0.717, 1.165) is 6.42 Å². The van der Waals surface area contributed by atoms with E-state index in [-0.39, 0.29) is 23.3 Å². The third kappa shape index (κ3) is 3.84. The average Bonchev–Trinajstić information content (AvgIpc) is 3.51. The molecule has 6 nitrogen and oxygen atoms in total. The summed E-state index contributed by atoms with van der Waals surface area (Å²) >= 11 is 0. The summed E-state index contributed by atoms with van der Waals surface area (Å²) in [6.07, 6.45) is 2.10. The van der Waals surface area contributed by atoms with E-state index in [2.05, 4.69) is 74.3 Å². The smallest absolute Gasteiger partial charge is 0.330 e. The molecule has 2 fully saturated rings. The Morgan fingerprint density at radius 2 is 1.58 bits per heavy atom. The summed E-state index contributed by atoms with van der Waals surface area (Å²) in [4.78, 5) is 26.1. The summed E-state index contributed by atoms with van der Waals surface area (Å²) in [5.74, 6) is 0.647. The first-order valence-corrected chi connectivity index (χ1v) is 13.4. The lowest BCUT2D eigenvalue weighted by molar-refractivity contribution is -0.0488. The molecular weight excluding hydrogens is 432 g/mol. The van der Waals surface area contributed by atoms with Gasteiger partial charge < -0.3 is 9.16 Å². The van der Waals surface area contributed by atoms with Gasteiger partial charge in [-0.25, -0.2) is 4.79 Å². The average molecular weight is 463 g/mol. The van der Waals surface area contributed by atoms with Gasteiger partial charge in [-0.1, -0.05) is 81.4 Å². The van der Waals surface area contributed by atoms with Crippen LogP contribution in [-0.2, 0) is 9.16 Å². The standard InChI is InChI=1S/C26H30N2O4Si/c1-26(2,3)33(18-10-6-4-7-11-18,19-12-8-5-9-13-19)31-17-22-20-16-21(20)24(32-22)28-15-14-23(29)27-25(28)30/h4-15,20-22,24H,16-17H2,1-3H3,(H,27,29,30)/t20-,21+,22-,24-/m1/s1. The molecule has 4 atom stereocenters. The molecule has 1 saturated carbocycles. The molecule has 2 aromatic carbocycles. The second-order valence-corrected chi connectivity index (χ2v) is 14.4. The highest BCUT2D eigenvalue weighted by Gasteiger charge is 2.58. The van der Waals surface area contributed by atoms with Gasteiger partial charge in [-0.05, 0) is 27.8 Å². The molecule has 0 bridgehead atoms. The summed E-state index contributed by atoms with van der Waals surface area (Å²) in [7, 11) is -2.64. The molecule has 7 heteroatoms. The van der Waals surface area contributed by atoms with E-state index < -0.39 is 19.6 Å². The minimum absolute atomic E-state index is 0.0829. The molecule has 1 aliphatic carbocycles. The monoisotopic (exact) mass is 462 g/mol. The van der Waals surface area contributed by atoms with Gasteiger partial charge in [0.15, 0.2) is 0 Å². The predicted molar refractivity (Wildman–Crippen MR) is 130 cm³/mol. The maximum absolute atomic E-state index is 12.3. The fourth-order valence-corrected chi connectivity index (χ4v) is 9.97. The third-order valence-corrected chi connectivity index (χ3v) is 12.1. The van der Waals surface area contributed by atoms with Crippen molar-refractivity contribution in [3.63, 3.8) is 0 Å². The van der Waals surface area contributed by atoms with Gasteiger partial charge in [0.1, 0.15) is 6.23 Å². The molecule has 172 valence electrons. The van der Waals surface area contributed by atoms with E-state index in [1.54, 1.807) is 0 Å². The number of fused-ring (bicyclic) bond motifs is 1. The Morgan fingerprint density at radius 1 is 0.970 bits per heavy atom. The molecule has 1 saturated heterocycles. The van der Waals surface area contributed by atoms with Crippen LogP contribution in [0.15, 0.2) is 82.5 Å². The Kier molecular flexibility index (Phi) is 5.51. The highest BCUT2D eigenvalue weighted by atomic mass is 28.4. The maximum atomic E-state index is 12.3. The van der Waals surface area contributed by atoms with Crippen molar-refractivity contribution in [1.29, 1.82) is 0 Å². The molecule has 0 unspecified atom stereocenters. The Balaban J connectivity index is 1.46. The molecule has 0 amide bonds. The highest BCUT2D eigenvalue weighted by Crippen LogP contribution is 2.56. The molecule has 2 aliphatic rings. The van der Waals surface area contributed by atoms with Crippen LogP contribution < -0.4 is 21.6 Å². The van der Waals surface area contributed by atoms with Crippen LogP contribution in [0, 0.1) is 11.8 Å². The summed E-state index contributed by atoms with van der Waals surface area (Å²) in [6.45, 7) is 7.26. The zero-order valence-corrected chi connectivity index (χ0v) is 20.2. The Morgan fingerprint density at radius 3 is 2.12 bits per heavy atom. The van der Waals surface area contributed by atoms with Gasteiger partial charge in [0.2, 0.25) is 0 Å². The minimum atomic E-state index is -2.64. The molecule has 1 N–H and O–H groups in total. The summed E-state index contributed by atoms with van der Waals surface area (Å²) in [6, 6.07) is 22.5. The molecule has 1 aliphatic heterocycles. The van der Waals surface area contributed by atoms with Crippen molar-refractivity contribution in [2.45, 2.75) is 44.6 Å². The van der Waals surface area contributed by atoms with Crippen molar-refractivity contribution in [2.24, 2.45) is 11.8 Å². The number of H-pyrrole nitrogens is 1. The van der Waals surface area contributed by atoms with Crippen molar-refractivity contribution < 1.29 is 9.16 Å². The fourth-order valence-electron chi connectivity index (χ4n) is 5.40. The number of aromatic nitrogens is 2. The lowest BCUT2D eigenvalue weighted by atomic mass is 10.2.